The maximum Gasteiger partial charge on any atom is 0.152 e. The third-order valence-corrected chi connectivity index (χ3v) is 2.20. The van der Waals surface area contributed by atoms with Crippen LogP contribution in [0.25, 0.3) is 0 Å². The highest BCUT2D eigenvalue weighted by Gasteiger charge is 1.99. The molecule has 4 heteroatoms. The molecule has 17 heavy (non-hydrogen) atoms. The Balaban J connectivity index is 2.25. The molecule has 0 saturated carbocycles. The molecule has 0 amide bonds. The van der Waals surface area contributed by atoms with E-state index in [0.717, 1.165) is 24.4 Å². The maximum absolute atomic E-state index is 5.09. The van der Waals surface area contributed by atoms with E-state index in [1.54, 1.807) is 0 Å². The molecule has 1 rings (SSSR count). The summed E-state index contributed by atoms with van der Waals surface area (Å²) in [7, 11) is 0. The smallest absolute Gasteiger partial charge is 0.152 e. The summed E-state index contributed by atoms with van der Waals surface area (Å²) < 4.78 is 5.09. The average molecular weight is 235 g/mol. The topological polar surface area (TPSA) is 50.1 Å². The van der Waals surface area contributed by atoms with Crippen LogP contribution in [0, 0.1) is 6.92 Å². The molecule has 0 aliphatic rings. The highest BCUT2D eigenvalue weighted by molar-refractivity contribution is 5.19. The van der Waals surface area contributed by atoms with Gasteiger partial charge in [-0.25, -0.2) is 5.43 Å². The van der Waals surface area contributed by atoms with E-state index in [1.807, 2.05) is 26.0 Å². The van der Waals surface area contributed by atoms with Crippen LogP contribution >= 0.6 is 0 Å². The van der Waals surface area contributed by atoms with E-state index in [9.17, 15) is 0 Å². The minimum Gasteiger partial charge on any atom is -0.360 e. The summed E-state index contributed by atoms with van der Waals surface area (Å²) in [5.41, 5.74) is 8.44. The normalized spacial score (nSPS) is 12.5. The second-order valence-corrected chi connectivity index (χ2v) is 3.83. The molecule has 0 spiro atoms. The van der Waals surface area contributed by atoms with Crippen molar-refractivity contribution >= 4 is 0 Å². The van der Waals surface area contributed by atoms with E-state index in [2.05, 4.69) is 35.1 Å². The molecular weight excluding hydrogens is 214 g/mol. The van der Waals surface area contributed by atoms with Crippen LogP contribution in [-0.4, -0.2) is 11.7 Å². The van der Waals surface area contributed by atoms with E-state index in [0.29, 0.717) is 6.54 Å². The number of nitrogens with zero attached hydrogens (tertiary/aromatic N) is 1. The fourth-order valence-corrected chi connectivity index (χ4v) is 1.49. The van der Waals surface area contributed by atoms with Crippen molar-refractivity contribution in [2.24, 2.45) is 0 Å². The standard InChI is InChI=1S/C13H21N3O/c1-4-6-12(7-5-2)9-14-15-10-13-8-11(3)16-17-13/h4,6-8,14-15H,5,9-10H2,1-3H3/b6-4-,12-7+. The lowest BCUT2D eigenvalue weighted by Gasteiger charge is -2.06. The zero-order valence-electron chi connectivity index (χ0n) is 10.8. The largest absolute Gasteiger partial charge is 0.360 e. The Hall–Kier alpha value is -1.39. The van der Waals surface area contributed by atoms with Gasteiger partial charge in [-0.2, -0.15) is 0 Å². The molecule has 0 saturated heterocycles. The molecule has 0 fully saturated rings. The summed E-state index contributed by atoms with van der Waals surface area (Å²) in [6.07, 6.45) is 7.40. The first kappa shape index (κ1) is 13.7. The summed E-state index contributed by atoms with van der Waals surface area (Å²) >= 11 is 0. The Morgan fingerprint density at radius 2 is 2.29 bits per heavy atom. The van der Waals surface area contributed by atoms with Crippen LogP contribution in [-0.2, 0) is 6.54 Å². The molecule has 1 aromatic rings. The number of aryl methyl sites for hydroxylation is 1. The molecular formula is C13H21N3O. The Kier molecular flexibility index (Phi) is 6.29. The minimum absolute atomic E-state index is 0.635. The highest BCUT2D eigenvalue weighted by Crippen LogP contribution is 2.01. The Labute approximate surface area is 103 Å². The van der Waals surface area contributed by atoms with Crippen LogP contribution in [0.4, 0.5) is 0 Å². The SMILES string of the molecule is C/C=C\C(=C/CC)CNNCc1cc(C)no1. The molecule has 1 heterocycles. The number of aromatic nitrogens is 1. The van der Waals surface area contributed by atoms with Crippen molar-refractivity contribution in [2.45, 2.75) is 33.7 Å². The molecule has 0 atom stereocenters. The first-order valence-electron chi connectivity index (χ1n) is 5.96. The number of rotatable bonds is 7. The van der Waals surface area contributed by atoms with Gasteiger partial charge in [0, 0.05) is 12.6 Å². The van der Waals surface area contributed by atoms with E-state index in [-0.39, 0.29) is 0 Å². The van der Waals surface area contributed by atoms with Gasteiger partial charge in [0.2, 0.25) is 0 Å². The van der Waals surface area contributed by atoms with Gasteiger partial charge in [-0.3, -0.25) is 5.43 Å². The van der Waals surface area contributed by atoms with Gasteiger partial charge in [0.25, 0.3) is 0 Å². The number of hydrogen-bond acceptors (Lipinski definition) is 4. The fourth-order valence-electron chi connectivity index (χ4n) is 1.49. The molecule has 94 valence electrons. The Morgan fingerprint density at radius 3 is 2.88 bits per heavy atom. The third kappa shape index (κ3) is 5.47. The summed E-state index contributed by atoms with van der Waals surface area (Å²) in [6.45, 7) is 7.50. The molecule has 0 aliphatic heterocycles. The molecule has 0 radical (unpaired) electrons. The van der Waals surface area contributed by atoms with E-state index < -0.39 is 0 Å². The first-order chi connectivity index (χ1) is 8.26. The van der Waals surface area contributed by atoms with Crippen molar-refractivity contribution in [1.29, 1.82) is 0 Å². The van der Waals surface area contributed by atoms with Gasteiger partial charge in [0.1, 0.15) is 0 Å². The lowest BCUT2D eigenvalue weighted by Crippen LogP contribution is -2.32. The van der Waals surface area contributed by atoms with Gasteiger partial charge < -0.3 is 4.52 Å². The van der Waals surface area contributed by atoms with E-state index >= 15 is 0 Å². The third-order valence-electron chi connectivity index (χ3n) is 2.20. The van der Waals surface area contributed by atoms with Gasteiger partial charge in [-0.05, 0) is 25.8 Å². The fraction of sp³-hybridized carbons (Fsp3) is 0.462. The van der Waals surface area contributed by atoms with E-state index in [1.165, 1.54) is 5.57 Å². The van der Waals surface area contributed by atoms with Crippen molar-refractivity contribution in [2.75, 3.05) is 6.54 Å². The summed E-state index contributed by atoms with van der Waals surface area (Å²) in [5, 5.41) is 3.82. The maximum atomic E-state index is 5.09. The van der Waals surface area contributed by atoms with Crippen molar-refractivity contribution in [1.82, 2.24) is 16.0 Å². The average Bonchev–Trinajstić information content (AvgIpc) is 2.71. The molecule has 0 aromatic carbocycles. The quantitative estimate of drug-likeness (QED) is 0.433. The van der Waals surface area contributed by atoms with Gasteiger partial charge in [0.05, 0.1) is 12.2 Å². The molecule has 0 bridgehead atoms. The van der Waals surface area contributed by atoms with Crippen LogP contribution in [0.1, 0.15) is 31.7 Å². The van der Waals surface area contributed by atoms with Gasteiger partial charge in [-0.1, -0.05) is 30.3 Å². The summed E-state index contributed by atoms with van der Waals surface area (Å²) in [4.78, 5) is 0. The van der Waals surface area contributed by atoms with Gasteiger partial charge in [-0.15, -0.1) is 0 Å². The van der Waals surface area contributed by atoms with Crippen LogP contribution in [0.15, 0.2) is 34.4 Å². The Morgan fingerprint density at radius 1 is 1.47 bits per heavy atom. The van der Waals surface area contributed by atoms with Crippen LogP contribution in [0.3, 0.4) is 0 Å². The van der Waals surface area contributed by atoms with Crippen LogP contribution < -0.4 is 10.9 Å². The van der Waals surface area contributed by atoms with Crippen molar-refractivity contribution < 1.29 is 4.52 Å². The number of nitrogens with one attached hydrogen (secondary N) is 2. The van der Waals surface area contributed by atoms with Crippen molar-refractivity contribution in [3.05, 3.63) is 41.3 Å². The molecule has 0 aliphatic carbocycles. The number of allylic oxidation sites excluding steroid dienone is 2. The highest BCUT2D eigenvalue weighted by atomic mass is 16.5. The second kappa shape index (κ2) is 7.81. The summed E-state index contributed by atoms with van der Waals surface area (Å²) in [5.74, 6) is 0.835. The first-order valence-corrected chi connectivity index (χ1v) is 5.96. The predicted molar refractivity (Wildman–Crippen MR) is 69.3 cm³/mol. The lowest BCUT2D eigenvalue weighted by atomic mass is 10.2. The zero-order chi connectivity index (χ0) is 12.5. The molecule has 4 nitrogen and oxygen atoms in total. The number of hydrazine groups is 1. The Bertz CT molecular complexity index is 380. The number of hydrogen-bond donors (Lipinski definition) is 2. The van der Waals surface area contributed by atoms with Gasteiger partial charge >= 0.3 is 0 Å². The van der Waals surface area contributed by atoms with Crippen molar-refractivity contribution in [3.63, 3.8) is 0 Å². The molecule has 1 aromatic heterocycles. The molecule has 0 unspecified atom stereocenters. The monoisotopic (exact) mass is 235 g/mol. The summed E-state index contributed by atoms with van der Waals surface area (Å²) in [6, 6.07) is 1.92. The second-order valence-electron chi connectivity index (χ2n) is 3.83. The van der Waals surface area contributed by atoms with E-state index in [4.69, 9.17) is 4.52 Å². The lowest BCUT2D eigenvalue weighted by molar-refractivity contribution is 0.361. The minimum atomic E-state index is 0.635. The predicted octanol–water partition coefficient (Wildman–Crippen LogP) is 2.49. The van der Waals surface area contributed by atoms with Crippen LogP contribution in [0.5, 0.6) is 0 Å². The van der Waals surface area contributed by atoms with Crippen LogP contribution in [0.2, 0.25) is 0 Å². The van der Waals surface area contributed by atoms with Gasteiger partial charge in [0.15, 0.2) is 5.76 Å². The van der Waals surface area contributed by atoms with Crippen molar-refractivity contribution in [3.8, 4) is 0 Å². The zero-order valence-corrected chi connectivity index (χ0v) is 10.8. The molecule has 2 N–H and O–H groups in total.